The maximum absolute atomic E-state index is 9.18. The van der Waals surface area contributed by atoms with Crippen molar-refractivity contribution < 1.29 is 14.9 Å². The summed E-state index contributed by atoms with van der Waals surface area (Å²) in [4.78, 5) is 8.00. The molecule has 158 valence electrons. The number of hydrogen-bond donors (Lipinski definition) is 4. The number of nitrogens with zero attached hydrogens (tertiary/aromatic N) is 4. The number of nitrogens with two attached hydrogens (primary N) is 2. The van der Waals surface area contributed by atoms with E-state index in [1.54, 1.807) is 24.1 Å². The van der Waals surface area contributed by atoms with Crippen LogP contribution in [0, 0.1) is 0 Å². The van der Waals surface area contributed by atoms with E-state index in [0.29, 0.717) is 29.9 Å². The van der Waals surface area contributed by atoms with E-state index in [1.165, 1.54) is 19.3 Å². The van der Waals surface area contributed by atoms with Gasteiger partial charge in [0, 0.05) is 12.2 Å². The van der Waals surface area contributed by atoms with Gasteiger partial charge in [0.25, 0.3) is 0 Å². The summed E-state index contributed by atoms with van der Waals surface area (Å²) in [5, 5.41) is 21.8. The molecule has 9 nitrogen and oxygen atoms in total. The minimum Gasteiger partial charge on any atom is -0.496 e. The third kappa shape index (κ3) is 6.30. The van der Waals surface area contributed by atoms with Crippen LogP contribution in [0.2, 0.25) is 0 Å². The fourth-order valence-corrected chi connectivity index (χ4v) is 2.81. The molecule has 0 unspecified atom stereocenters. The van der Waals surface area contributed by atoms with Crippen molar-refractivity contribution in [3.8, 4) is 5.75 Å². The predicted molar refractivity (Wildman–Crippen MR) is 113 cm³/mol. The van der Waals surface area contributed by atoms with Crippen molar-refractivity contribution in [1.82, 2.24) is 19.7 Å². The lowest BCUT2D eigenvalue weighted by Gasteiger charge is -2.10. The second-order valence-corrected chi connectivity index (χ2v) is 6.62. The van der Waals surface area contributed by atoms with E-state index in [2.05, 4.69) is 22.0 Å². The van der Waals surface area contributed by atoms with Gasteiger partial charge in [0.05, 0.1) is 26.5 Å². The summed E-state index contributed by atoms with van der Waals surface area (Å²) in [7, 11) is 1.59. The number of unbranched alkanes of at least 4 members (excludes halogenated alkanes) is 3. The molecule has 9 heteroatoms. The number of nitrogen functional groups attached to an aromatic ring is 2. The van der Waals surface area contributed by atoms with Crippen LogP contribution < -0.4 is 16.2 Å². The number of rotatable bonds is 8. The van der Waals surface area contributed by atoms with Gasteiger partial charge in [-0.3, -0.25) is 4.68 Å². The highest BCUT2D eigenvalue weighted by atomic mass is 16.5. The van der Waals surface area contributed by atoms with Gasteiger partial charge in [0.15, 0.2) is 11.3 Å². The summed E-state index contributed by atoms with van der Waals surface area (Å²) in [6, 6.07) is 5.53. The van der Waals surface area contributed by atoms with E-state index in [0.717, 1.165) is 17.5 Å². The summed E-state index contributed by atoms with van der Waals surface area (Å²) < 4.78 is 7.05. The third-order valence-corrected chi connectivity index (χ3v) is 4.33. The molecule has 0 radical (unpaired) electrons. The Morgan fingerprint density at radius 2 is 1.90 bits per heavy atom. The van der Waals surface area contributed by atoms with Gasteiger partial charge >= 0.3 is 0 Å². The molecule has 3 aromatic rings. The first kappa shape index (κ1) is 22.4. The van der Waals surface area contributed by atoms with E-state index < -0.39 is 0 Å². The van der Waals surface area contributed by atoms with E-state index in [-0.39, 0.29) is 18.4 Å². The minimum absolute atomic E-state index is 0.0340. The van der Waals surface area contributed by atoms with Gasteiger partial charge < -0.3 is 26.4 Å². The zero-order valence-corrected chi connectivity index (χ0v) is 17.0. The highest BCUT2D eigenvalue weighted by molar-refractivity contribution is 5.84. The Morgan fingerprint density at radius 3 is 2.55 bits per heavy atom. The Bertz CT molecular complexity index is 909. The maximum Gasteiger partial charge on any atom is 0.222 e. The zero-order valence-electron chi connectivity index (χ0n) is 17.0. The molecule has 0 spiro atoms. The molecule has 0 aliphatic heterocycles. The van der Waals surface area contributed by atoms with Crippen LogP contribution in [0.1, 0.15) is 43.7 Å². The molecule has 0 saturated heterocycles. The average Bonchev–Trinajstić information content (AvgIpc) is 3.12. The first-order valence-electron chi connectivity index (χ1n) is 9.66. The Hall–Kier alpha value is -2.91. The molecule has 1 aromatic carbocycles. The Balaban J connectivity index is 0.000000370. The highest BCUT2D eigenvalue weighted by Gasteiger charge is 2.11. The molecule has 0 aliphatic rings. The fourth-order valence-electron chi connectivity index (χ4n) is 2.81. The number of aromatic nitrogens is 4. The monoisotopic (exact) mass is 402 g/mol. The summed E-state index contributed by atoms with van der Waals surface area (Å²) in [6.45, 7) is 2.97. The van der Waals surface area contributed by atoms with Crippen LogP contribution in [-0.2, 0) is 13.2 Å². The van der Waals surface area contributed by atoms with Gasteiger partial charge in [0.1, 0.15) is 11.3 Å². The smallest absolute Gasteiger partial charge is 0.222 e. The first-order chi connectivity index (χ1) is 14.0. The number of methoxy groups -OCH3 is 1. The lowest BCUT2D eigenvalue weighted by molar-refractivity contribution is 0.281. The molecule has 2 heterocycles. The SMILES string of the molecule is CCCCCCO.COc1cc(CO)ccc1Cn1cc2nc(N)nc(N)c2n1. The lowest BCUT2D eigenvalue weighted by atomic mass is 10.1. The van der Waals surface area contributed by atoms with E-state index in [4.69, 9.17) is 21.3 Å². The number of aliphatic hydroxyl groups excluding tert-OH is 2. The average molecular weight is 402 g/mol. The number of hydrogen-bond acceptors (Lipinski definition) is 8. The van der Waals surface area contributed by atoms with Gasteiger partial charge in [-0.05, 0) is 18.1 Å². The van der Waals surface area contributed by atoms with Crippen LogP contribution >= 0.6 is 0 Å². The summed E-state index contributed by atoms with van der Waals surface area (Å²) >= 11 is 0. The minimum atomic E-state index is -0.0340. The van der Waals surface area contributed by atoms with Crippen LogP contribution in [0.3, 0.4) is 0 Å². The van der Waals surface area contributed by atoms with Crippen molar-refractivity contribution in [3.63, 3.8) is 0 Å². The topological polar surface area (TPSA) is 145 Å². The number of aliphatic hydroxyl groups is 2. The van der Waals surface area contributed by atoms with Crippen molar-refractivity contribution in [2.75, 3.05) is 25.2 Å². The van der Waals surface area contributed by atoms with Gasteiger partial charge in [-0.25, -0.2) is 4.98 Å². The molecular formula is C20H30N6O3. The molecule has 0 amide bonds. The van der Waals surface area contributed by atoms with Crippen LogP contribution in [0.5, 0.6) is 5.75 Å². The second kappa shape index (κ2) is 11.2. The van der Waals surface area contributed by atoms with Crippen molar-refractivity contribution in [3.05, 3.63) is 35.5 Å². The van der Waals surface area contributed by atoms with Gasteiger partial charge in [-0.1, -0.05) is 38.3 Å². The molecule has 0 aliphatic carbocycles. The van der Waals surface area contributed by atoms with Crippen LogP contribution in [0.4, 0.5) is 11.8 Å². The quantitative estimate of drug-likeness (QED) is 0.419. The summed E-state index contributed by atoms with van der Waals surface area (Å²) in [6.07, 6.45) is 6.44. The van der Waals surface area contributed by atoms with E-state index in [1.807, 2.05) is 12.1 Å². The van der Waals surface area contributed by atoms with E-state index in [9.17, 15) is 5.11 Å². The third-order valence-electron chi connectivity index (χ3n) is 4.33. The molecule has 0 bridgehead atoms. The van der Waals surface area contributed by atoms with Crippen molar-refractivity contribution in [2.24, 2.45) is 0 Å². The van der Waals surface area contributed by atoms with Crippen LogP contribution in [0.25, 0.3) is 11.0 Å². The van der Waals surface area contributed by atoms with Crippen molar-refractivity contribution in [2.45, 2.75) is 45.8 Å². The first-order valence-corrected chi connectivity index (χ1v) is 9.66. The Labute approximate surface area is 170 Å². The number of anilines is 2. The fraction of sp³-hybridized carbons (Fsp3) is 0.450. The molecule has 29 heavy (non-hydrogen) atoms. The van der Waals surface area contributed by atoms with Crippen LogP contribution in [0.15, 0.2) is 24.4 Å². The molecule has 2 aromatic heterocycles. The molecule has 0 fully saturated rings. The van der Waals surface area contributed by atoms with Crippen molar-refractivity contribution in [1.29, 1.82) is 0 Å². The van der Waals surface area contributed by atoms with Gasteiger partial charge in [0.2, 0.25) is 5.95 Å². The zero-order chi connectivity index (χ0) is 21.2. The lowest BCUT2D eigenvalue weighted by Crippen LogP contribution is -2.03. The summed E-state index contributed by atoms with van der Waals surface area (Å²) in [5.41, 5.74) is 14.2. The molecule has 0 saturated carbocycles. The largest absolute Gasteiger partial charge is 0.496 e. The highest BCUT2D eigenvalue weighted by Crippen LogP contribution is 2.23. The normalized spacial score (nSPS) is 10.6. The van der Waals surface area contributed by atoms with E-state index >= 15 is 0 Å². The van der Waals surface area contributed by atoms with Gasteiger partial charge in [-0.2, -0.15) is 10.1 Å². The number of benzene rings is 1. The molecule has 6 N–H and O–H groups in total. The maximum atomic E-state index is 9.18. The Kier molecular flexibility index (Phi) is 8.63. The standard InChI is InChI=1S/C14H16N6O2.C6H14O/c1-22-11-4-8(7-21)2-3-9(11)5-20-6-10-12(19-20)13(15)18-14(16)17-10;1-2-3-4-5-6-7/h2-4,6,21H,5,7H2,1H3,(H4,15,16,17,18);7H,2-6H2,1H3. The second-order valence-electron chi connectivity index (χ2n) is 6.62. The van der Waals surface area contributed by atoms with Crippen LogP contribution in [-0.4, -0.2) is 43.7 Å². The summed E-state index contributed by atoms with van der Waals surface area (Å²) in [5.74, 6) is 1.06. The number of fused-ring (bicyclic) bond motifs is 1. The predicted octanol–water partition coefficient (Wildman–Crippen LogP) is 2.10. The van der Waals surface area contributed by atoms with Gasteiger partial charge in [-0.15, -0.1) is 0 Å². The molecule has 3 rings (SSSR count). The molecule has 0 atom stereocenters. The van der Waals surface area contributed by atoms with Crippen molar-refractivity contribution >= 4 is 22.8 Å². The Morgan fingerprint density at radius 1 is 1.10 bits per heavy atom. The molecular weight excluding hydrogens is 372 g/mol. The number of ether oxygens (including phenoxy) is 1.